The topological polar surface area (TPSA) is 37.3 Å². The molecule has 0 radical (unpaired) electrons. The van der Waals surface area contributed by atoms with E-state index in [0.717, 1.165) is 11.3 Å². The fourth-order valence-electron chi connectivity index (χ4n) is 1.03. The molecule has 1 aromatic heterocycles. The Morgan fingerprint density at radius 1 is 1.67 bits per heavy atom. The number of rotatable bonds is 4. The average Bonchev–Trinajstić information content (AvgIpc) is 2.45. The number of carboxylic acids is 1. The molecule has 1 rings (SSSR count). The number of aliphatic carboxylic acids is 1. The molecular formula is C9H9ClF2O2S. The van der Waals surface area contributed by atoms with E-state index in [0.29, 0.717) is 9.90 Å². The second-order valence-corrected chi connectivity index (χ2v) is 4.82. The van der Waals surface area contributed by atoms with Crippen molar-refractivity contribution in [2.24, 2.45) is 0 Å². The zero-order chi connectivity index (χ0) is 11.6. The van der Waals surface area contributed by atoms with Crippen molar-refractivity contribution in [3.63, 3.8) is 0 Å². The fraction of sp³-hybridized carbons (Fsp3) is 0.444. The zero-order valence-electron chi connectivity index (χ0n) is 7.89. The Morgan fingerprint density at radius 3 is 2.67 bits per heavy atom. The third-order valence-corrected chi connectivity index (χ3v) is 3.54. The number of alkyl halides is 2. The first-order valence-corrected chi connectivity index (χ1v) is 5.38. The molecule has 0 aliphatic carbocycles. The minimum Gasteiger partial charge on any atom is -0.481 e. The van der Waals surface area contributed by atoms with Gasteiger partial charge in [-0.15, -0.1) is 11.3 Å². The van der Waals surface area contributed by atoms with Gasteiger partial charge in [0.25, 0.3) is 5.92 Å². The molecule has 0 bridgehead atoms. The summed E-state index contributed by atoms with van der Waals surface area (Å²) in [6.45, 7) is 1.63. The predicted molar refractivity (Wildman–Crippen MR) is 54.8 cm³/mol. The van der Waals surface area contributed by atoms with Crippen LogP contribution in [0.15, 0.2) is 6.07 Å². The van der Waals surface area contributed by atoms with Gasteiger partial charge in [-0.1, -0.05) is 11.6 Å². The van der Waals surface area contributed by atoms with Gasteiger partial charge in [0.1, 0.15) is 0 Å². The molecule has 1 N–H and O–H groups in total. The van der Waals surface area contributed by atoms with Crippen LogP contribution in [0.1, 0.15) is 23.3 Å². The lowest BCUT2D eigenvalue weighted by Gasteiger charge is -2.12. The minimum atomic E-state index is -3.11. The van der Waals surface area contributed by atoms with Crippen molar-refractivity contribution in [2.45, 2.75) is 25.7 Å². The van der Waals surface area contributed by atoms with Crippen molar-refractivity contribution in [1.29, 1.82) is 0 Å². The number of hydrogen-bond donors (Lipinski definition) is 1. The van der Waals surface area contributed by atoms with Crippen LogP contribution in [0.25, 0.3) is 0 Å². The fourth-order valence-corrected chi connectivity index (χ4v) is 2.23. The van der Waals surface area contributed by atoms with E-state index in [1.54, 1.807) is 6.92 Å². The lowest BCUT2D eigenvalue weighted by atomic mass is 10.1. The average molecular weight is 255 g/mol. The first kappa shape index (κ1) is 12.4. The largest absolute Gasteiger partial charge is 0.481 e. The van der Waals surface area contributed by atoms with Crippen LogP contribution < -0.4 is 0 Å². The van der Waals surface area contributed by atoms with E-state index in [9.17, 15) is 13.6 Å². The maximum atomic E-state index is 13.4. The van der Waals surface area contributed by atoms with Crippen LogP contribution in [0.5, 0.6) is 0 Å². The van der Waals surface area contributed by atoms with Crippen molar-refractivity contribution in [1.82, 2.24) is 0 Å². The Kier molecular flexibility index (Phi) is 3.67. The van der Waals surface area contributed by atoms with Crippen LogP contribution in [0.2, 0.25) is 4.34 Å². The quantitative estimate of drug-likeness (QED) is 0.890. The number of aryl methyl sites for hydroxylation is 1. The molecule has 15 heavy (non-hydrogen) atoms. The molecule has 2 nitrogen and oxygen atoms in total. The molecule has 0 saturated carbocycles. The normalized spacial score (nSPS) is 11.7. The molecule has 6 heteroatoms. The third-order valence-electron chi connectivity index (χ3n) is 1.87. The van der Waals surface area contributed by atoms with Gasteiger partial charge in [-0.05, 0) is 18.6 Å². The van der Waals surface area contributed by atoms with Crippen LogP contribution in [0, 0.1) is 6.92 Å². The number of hydrogen-bond acceptors (Lipinski definition) is 2. The van der Waals surface area contributed by atoms with Gasteiger partial charge in [0.2, 0.25) is 0 Å². The number of thiophene rings is 1. The summed E-state index contributed by atoms with van der Waals surface area (Å²) in [5.41, 5.74) is 0.590. The molecule has 0 aromatic carbocycles. The molecule has 1 aromatic rings. The van der Waals surface area contributed by atoms with Crippen molar-refractivity contribution in [2.75, 3.05) is 0 Å². The molecule has 0 aliphatic heterocycles. The highest BCUT2D eigenvalue weighted by atomic mass is 35.5. The lowest BCUT2D eigenvalue weighted by Crippen LogP contribution is -2.13. The van der Waals surface area contributed by atoms with Crippen molar-refractivity contribution < 1.29 is 18.7 Å². The summed E-state index contributed by atoms with van der Waals surface area (Å²) in [7, 11) is 0. The second-order valence-electron chi connectivity index (χ2n) is 3.17. The summed E-state index contributed by atoms with van der Waals surface area (Å²) in [6.07, 6.45) is -1.25. The van der Waals surface area contributed by atoms with Gasteiger partial charge in [-0.3, -0.25) is 4.79 Å². The molecule has 84 valence electrons. The van der Waals surface area contributed by atoms with Crippen LogP contribution >= 0.6 is 22.9 Å². The van der Waals surface area contributed by atoms with Crippen LogP contribution in [0.3, 0.4) is 0 Å². The van der Waals surface area contributed by atoms with Crippen LogP contribution in [-0.2, 0) is 10.7 Å². The van der Waals surface area contributed by atoms with Crippen LogP contribution in [0.4, 0.5) is 8.78 Å². The van der Waals surface area contributed by atoms with Crippen molar-refractivity contribution >= 4 is 28.9 Å². The Hall–Kier alpha value is -0.680. The molecule has 0 amide bonds. The molecule has 0 fully saturated rings. The first-order valence-electron chi connectivity index (χ1n) is 4.19. The Balaban J connectivity index is 2.80. The standard InChI is InChI=1S/C9H9ClF2O2S/c1-5-4-6(15-8(5)10)9(11,12)3-2-7(13)14/h4H,2-3H2,1H3,(H,13,14). The summed E-state index contributed by atoms with van der Waals surface area (Å²) in [4.78, 5) is 10.0. The highest BCUT2D eigenvalue weighted by Gasteiger charge is 2.34. The van der Waals surface area contributed by atoms with Gasteiger partial charge in [-0.25, -0.2) is 8.78 Å². The van der Waals surface area contributed by atoms with E-state index >= 15 is 0 Å². The minimum absolute atomic E-state index is 0.175. The summed E-state index contributed by atoms with van der Waals surface area (Å²) in [5, 5.41) is 8.33. The summed E-state index contributed by atoms with van der Waals surface area (Å²) >= 11 is 6.46. The molecule has 0 saturated heterocycles. The van der Waals surface area contributed by atoms with E-state index in [-0.39, 0.29) is 4.88 Å². The maximum Gasteiger partial charge on any atom is 0.303 e. The molecule has 0 atom stereocenters. The SMILES string of the molecule is Cc1cc(C(F)(F)CCC(=O)O)sc1Cl. The summed E-state index contributed by atoms with van der Waals surface area (Å²) in [5.74, 6) is -4.34. The van der Waals surface area contributed by atoms with Gasteiger partial charge in [0, 0.05) is 6.42 Å². The first-order chi connectivity index (χ1) is 6.83. The highest BCUT2D eigenvalue weighted by molar-refractivity contribution is 7.16. The number of halogens is 3. The molecule has 0 spiro atoms. The Morgan fingerprint density at radius 2 is 2.27 bits per heavy atom. The number of carboxylic acid groups (broad SMARTS) is 1. The van der Waals surface area contributed by atoms with E-state index in [4.69, 9.17) is 16.7 Å². The van der Waals surface area contributed by atoms with Gasteiger partial charge in [0.05, 0.1) is 15.6 Å². The maximum absolute atomic E-state index is 13.4. The smallest absolute Gasteiger partial charge is 0.303 e. The van der Waals surface area contributed by atoms with Crippen LogP contribution in [-0.4, -0.2) is 11.1 Å². The Labute approximate surface area is 94.5 Å². The van der Waals surface area contributed by atoms with Crippen molar-refractivity contribution in [3.8, 4) is 0 Å². The monoisotopic (exact) mass is 254 g/mol. The van der Waals surface area contributed by atoms with Gasteiger partial charge in [0.15, 0.2) is 0 Å². The van der Waals surface area contributed by atoms with E-state index < -0.39 is 24.7 Å². The molecular weight excluding hydrogens is 246 g/mol. The second kappa shape index (κ2) is 4.45. The Bertz CT molecular complexity index is 357. The number of carbonyl (C=O) groups is 1. The summed E-state index contributed by atoms with van der Waals surface area (Å²) < 4.78 is 27.1. The van der Waals surface area contributed by atoms with E-state index in [2.05, 4.69) is 0 Å². The molecule has 0 unspecified atom stereocenters. The molecule has 1 heterocycles. The summed E-state index contributed by atoms with van der Waals surface area (Å²) in [6, 6.07) is 1.30. The van der Waals surface area contributed by atoms with E-state index in [1.807, 2.05) is 0 Å². The highest BCUT2D eigenvalue weighted by Crippen LogP contribution is 2.40. The molecule has 0 aliphatic rings. The predicted octanol–water partition coefficient (Wildman–Crippen LogP) is 3.67. The van der Waals surface area contributed by atoms with Gasteiger partial charge >= 0.3 is 5.97 Å². The lowest BCUT2D eigenvalue weighted by molar-refractivity contribution is -0.139. The zero-order valence-corrected chi connectivity index (χ0v) is 9.46. The van der Waals surface area contributed by atoms with Gasteiger partial charge in [-0.2, -0.15) is 0 Å². The van der Waals surface area contributed by atoms with Crippen molar-refractivity contribution in [3.05, 3.63) is 20.8 Å². The van der Waals surface area contributed by atoms with E-state index in [1.165, 1.54) is 6.07 Å². The third kappa shape index (κ3) is 3.14. The van der Waals surface area contributed by atoms with Gasteiger partial charge < -0.3 is 5.11 Å².